The monoisotopic (exact) mass is 368 g/mol. The van der Waals surface area contributed by atoms with Crippen LogP contribution in [0.2, 0.25) is 0 Å². The van der Waals surface area contributed by atoms with E-state index in [0.29, 0.717) is 24.9 Å². The number of benzene rings is 1. The predicted molar refractivity (Wildman–Crippen MR) is 92.8 cm³/mol. The van der Waals surface area contributed by atoms with Crippen LogP contribution >= 0.6 is 0 Å². The number of carboxylic acid groups (broad SMARTS) is 1. The molecule has 2 N–H and O–H groups in total. The van der Waals surface area contributed by atoms with E-state index in [1.54, 1.807) is 13.8 Å². The molecule has 0 aromatic heterocycles. The maximum absolute atomic E-state index is 12.6. The van der Waals surface area contributed by atoms with E-state index in [2.05, 4.69) is 4.72 Å². The first kappa shape index (κ1) is 19.4. The largest absolute Gasteiger partial charge is 0.481 e. The topological polar surface area (TPSA) is 104 Å². The number of carbonyl (C=O) groups excluding carboxylic acids is 1. The Labute approximate surface area is 148 Å². The van der Waals surface area contributed by atoms with Crippen LogP contribution in [0.1, 0.15) is 44.0 Å². The average Bonchev–Trinajstić information content (AvgIpc) is 2.95. The molecule has 25 heavy (non-hydrogen) atoms. The van der Waals surface area contributed by atoms with Gasteiger partial charge in [-0.1, -0.05) is 6.92 Å². The molecule has 1 aliphatic rings. The molecule has 0 spiro atoms. The van der Waals surface area contributed by atoms with Crippen LogP contribution in [0, 0.1) is 5.92 Å². The third-order valence-electron chi connectivity index (χ3n) is 4.71. The van der Waals surface area contributed by atoms with Gasteiger partial charge >= 0.3 is 5.97 Å². The second-order valence-corrected chi connectivity index (χ2v) is 8.14. The fourth-order valence-corrected chi connectivity index (χ4v) is 4.24. The van der Waals surface area contributed by atoms with Gasteiger partial charge in [0.1, 0.15) is 0 Å². The summed E-state index contributed by atoms with van der Waals surface area (Å²) in [5, 5.41) is 9.16. The van der Waals surface area contributed by atoms with Crippen LogP contribution < -0.4 is 4.72 Å². The highest BCUT2D eigenvalue weighted by atomic mass is 32.2. The molecule has 1 aromatic carbocycles. The molecular formula is C17H24N2O5S. The number of hydrogen-bond donors (Lipinski definition) is 2. The number of sulfonamides is 1. The van der Waals surface area contributed by atoms with Crippen LogP contribution in [0.15, 0.2) is 29.2 Å². The van der Waals surface area contributed by atoms with Gasteiger partial charge in [0, 0.05) is 24.2 Å². The summed E-state index contributed by atoms with van der Waals surface area (Å²) >= 11 is 0. The Morgan fingerprint density at radius 1 is 1.32 bits per heavy atom. The molecule has 1 amide bonds. The Hall–Kier alpha value is -1.93. The molecule has 0 radical (unpaired) electrons. The van der Waals surface area contributed by atoms with Gasteiger partial charge < -0.3 is 10.0 Å². The molecular weight excluding hydrogens is 344 g/mol. The predicted octanol–water partition coefficient (Wildman–Crippen LogP) is 1.70. The summed E-state index contributed by atoms with van der Waals surface area (Å²) in [5.41, 5.74) is 0.348. The minimum atomic E-state index is -3.62. The van der Waals surface area contributed by atoms with Gasteiger partial charge in [-0.05, 0) is 51.0 Å². The van der Waals surface area contributed by atoms with Crippen molar-refractivity contribution in [3.05, 3.63) is 29.8 Å². The van der Waals surface area contributed by atoms with E-state index < -0.39 is 21.9 Å². The third kappa shape index (κ3) is 4.19. The molecule has 1 saturated heterocycles. The Morgan fingerprint density at radius 3 is 2.40 bits per heavy atom. The second-order valence-electron chi connectivity index (χ2n) is 6.43. The van der Waals surface area contributed by atoms with Gasteiger partial charge in [-0.15, -0.1) is 0 Å². The van der Waals surface area contributed by atoms with E-state index in [1.165, 1.54) is 29.2 Å². The van der Waals surface area contributed by atoms with Crippen molar-refractivity contribution in [3.63, 3.8) is 0 Å². The fourth-order valence-electron chi connectivity index (χ4n) is 2.92. The smallest absolute Gasteiger partial charge is 0.308 e. The van der Waals surface area contributed by atoms with Crippen molar-refractivity contribution in [2.45, 2.75) is 50.6 Å². The van der Waals surface area contributed by atoms with Gasteiger partial charge in [-0.3, -0.25) is 9.59 Å². The molecule has 2 rings (SSSR count). The van der Waals surface area contributed by atoms with E-state index >= 15 is 0 Å². The molecule has 3 unspecified atom stereocenters. The lowest BCUT2D eigenvalue weighted by molar-refractivity contribution is -0.142. The van der Waals surface area contributed by atoms with Gasteiger partial charge in [0.2, 0.25) is 10.0 Å². The summed E-state index contributed by atoms with van der Waals surface area (Å²) in [4.78, 5) is 25.4. The molecule has 1 fully saturated rings. The zero-order chi connectivity index (χ0) is 18.8. The van der Waals surface area contributed by atoms with E-state index in [1.807, 2.05) is 6.92 Å². The van der Waals surface area contributed by atoms with Crippen LogP contribution in [-0.2, 0) is 14.8 Å². The number of carbonyl (C=O) groups is 2. The van der Waals surface area contributed by atoms with Gasteiger partial charge in [0.05, 0.1) is 10.8 Å². The average molecular weight is 368 g/mol. The van der Waals surface area contributed by atoms with Crippen LogP contribution in [0.25, 0.3) is 0 Å². The van der Waals surface area contributed by atoms with E-state index in [9.17, 15) is 18.0 Å². The minimum absolute atomic E-state index is 0.0993. The van der Waals surface area contributed by atoms with E-state index in [0.717, 1.165) is 0 Å². The van der Waals surface area contributed by atoms with Crippen LogP contribution in [0.5, 0.6) is 0 Å². The molecule has 1 aliphatic heterocycles. The number of amides is 1. The summed E-state index contributed by atoms with van der Waals surface area (Å²) in [7, 11) is -3.62. The Kier molecular flexibility index (Phi) is 5.84. The summed E-state index contributed by atoms with van der Waals surface area (Å²) < 4.78 is 27.0. The van der Waals surface area contributed by atoms with Crippen LogP contribution in [-0.4, -0.2) is 48.9 Å². The Morgan fingerprint density at radius 2 is 1.92 bits per heavy atom. The SMILES string of the molecule is CCC(C)NS(=O)(=O)c1ccc(C(=O)N2CCC(C(=O)O)C2C)cc1. The normalized spacial score (nSPS) is 22.0. The number of hydrogen-bond acceptors (Lipinski definition) is 4. The molecule has 0 aliphatic carbocycles. The molecule has 3 atom stereocenters. The first-order valence-corrected chi connectivity index (χ1v) is 9.81. The zero-order valence-electron chi connectivity index (χ0n) is 14.6. The highest BCUT2D eigenvalue weighted by Crippen LogP contribution is 2.26. The summed E-state index contributed by atoms with van der Waals surface area (Å²) in [6.07, 6.45) is 1.10. The maximum Gasteiger partial charge on any atom is 0.308 e. The zero-order valence-corrected chi connectivity index (χ0v) is 15.4. The maximum atomic E-state index is 12.6. The van der Waals surface area contributed by atoms with Gasteiger partial charge in [-0.25, -0.2) is 13.1 Å². The highest BCUT2D eigenvalue weighted by molar-refractivity contribution is 7.89. The molecule has 0 saturated carbocycles. The fraction of sp³-hybridized carbons (Fsp3) is 0.529. The number of rotatable bonds is 6. The quantitative estimate of drug-likeness (QED) is 0.795. The highest BCUT2D eigenvalue weighted by Gasteiger charge is 2.38. The molecule has 1 aromatic rings. The van der Waals surface area contributed by atoms with Crippen molar-refractivity contribution >= 4 is 21.9 Å². The molecule has 7 nitrogen and oxygen atoms in total. The number of carboxylic acids is 1. The van der Waals surface area contributed by atoms with Crippen LogP contribution in [0.4, 0.5) is 0 Å². The Bertz CT molecular complexity index is 745. The first-order valence-electron chi connectivity index (χ1n) is 8.33. The molecule has 138 valence electrons. The van der Waals surface area contributed by atoms with Crippen LogP contribution in [0.3, 0.4) is 0 Å². The first-order chi connectivity index (χ1) is 11.7. The lowest BCUT2D eigenvalue weighted by Gasteiger charge is -2.23. The summed E-state index contributed by atoms with van der Waals surface area (Å²) in [6, 6.07) is 5.16. The second kappa shape index (κ2) is 7.53. The third-order valence-corrected chi connectivity index (χ3v) is 6.32. The van der Waals surface area contributed by atoms with E-state index in [4.69, 9.17) is 5.11 Å². The number of nitrogens with one attached hydrogen (secondary N) is 1. The lowest BCUT2D eigenvalue weighted by atomic mass is 10.0. The van der Waals surface area contributed by atoms with Gasteiger partial charge in [-0.2, -0.15) is 0 Å². The number of aliphatic carboxylic acids is 1. The minimum Gasteiger partial charge on any atom is -0.481 e. The van der Waals surface area contributed by atoms with Gasteiger partial charge in [0.15, 0.2) is 0 Å². The van der Waals surface area contributed by atoms with Crippen molar-refractivity contribution in [1.29, 1.82) is 0 Å². The number of likely N-dealkylation sites (tertiary alicyclic amines) is 1. The standard InChI is InChI=1S/C17H24N2O5S/c1-4-11(2)18-25(23,24)14-7-5-13(6-8-14)16(20)19-10-9-15(12(19)3)17(21)22/h5-8,11-12,15,18H,4,9-10H2,1-3H3,(H,21,22). The van der Waals surface area contributed by atoms with Crippen molar-refractivity contribution in [3.8, 4) is 0 Å². The molecule has 1 heterocycles. The van der Waals surface area contributed by atoms with E-state index in [-0.39, 0.29) is 22.9 Å². The molecule has 0 bridgehead atoms. The van der Waals surface area contributed by atoms with Crippen molar-refractivity contribution < 1.29 is 23.1 Å². The lowest BCUT2D eigenvalue weighted by Crippen LogP contribution is -2.37. The van der Waals surface area contributed by atoms with Crippen molar-refractivity contribution in [2.75, 3.05) is 6.54 Å². The molecule has 8 heteroatoms. The van der Waals surface area contributed by atoms with Gasteiger partial charge in [0.25, 0.3) is 5.91 Å². The summed E-state index contributed by atoms with van der Waals surface area (Å²) in [6.45, 7) is 5.77. The van der Waals surface area contributed by atoms with Crippen molar-refractivity contribution in [1.82, 2.24) is 9.62 Å². The van der Waals surface area contributed by atoms with Crippen molar-refractivity contribution in [2.24, 2.45) is 5.92 Å². The Balaban J connectivity index is 2.15. The summed E-state index contributed by atoms with van der Waals surface area (Å²) in [5.74, 6) is -1.75. The number of nitrogens with zero attached hydrogens (tertiary/aromatic N) is 1.